The molecule has 0 bridgehead atoms. The van der Waals surface area contributed by atoms with Gasteiger partial charge in [0.25, 0.3) is 5.91 Å². The molecule has 1 aromatic carbocycles. The smallest absolute Gasteiger partial charge is 0.251 e. The van der Waals surface area contributed by atoms with E-state index in [0.717, 1.165) is 13.1 Å². The van der Waals surface area contributed by atoms with Crippen LogP contribution in [0.3, 0.4) is 0 Å². The summed E-state index contributed by atoms with van der Waals surface area (Å²) in [6, 6.07) is 4.19. The Bertz CT molecular complexity index is 419. The van der Waals surface area contributed by atoms with Gasteiger partial charge >= 0.3 is 0 Å². The number of methoxy groups -OCH3 is 1. The summed E-state index contributed by atoms with van der Waals surface area (Å²) in [4.78, 5) is 11.7. The van der Waals surface area contributed by atoms with Crippen molar-refractivity contribution in [1.29, 1.82) is 0 Å². The molecule has 2 N–H and O–H groups in total. The molecule has 0 radical (unpaired) electrons. The molecule has 0 unspecified atom stereocenters. The van der Waals surface area contributed by atoms with Crippen molar-refractivity contribution < 1.29 is 13.9 Å². The van der Waals surface area contributed by atoms with Crippen LogP contribution in [0.1, 0.15) is 10.4 Å². The molecule has 0 spiro atoms. The van der Waals surface area contributed by atoms with Crippen molar-refractivity contribution in [1.82, 2.24) is 10.6 Å². The van der Waals surface area contributed by atoms with Crippen LogP contribution in [-0.2, 0) is 0 Å². The molecule has 2 rings (SSSR count). The van der Waals surface area contributed by atoms with Gasteiger partial charge in [-0.25, -0.2) is 4.39 Å². The number of amides is 1. The zero-order valence-electron chi connectivity index (χ0n) is 9.63. The molecule has 5 heteroatoms. The van der Waals surface area contributed by atoms with Gasteiger partial charge in [0.1, 0.15) is 0 Å². The second kappa shape index (κ2) is 5.14. The van der Waals surface area contributed by atoms with Crippen LogP contribution in [0.15, 0.2) is 18.2 Å². The Labute approximate surface area is 99.2 Å². The highest BCUT2D eigenvalue weighted by molar-refractivity contribution is 5.94. The molecule has 1 amide bonds. The number of carbonyl (C=O) groups is 1. The van der Waals surface area contributed by atoms with Crippen molar-refractivity contribution in [2.45, 2.75) is 0 Å². The summed E-state index contributed by atoms with van der Waals surface area (Å²) in [7, 11) is 1.39. The van der Waals surface area contributed by atoms with Crippen LogP contribution < -0.4 is 15.4 Å². The van der Waals surface area contributed by atoms with Gasteiger partial charge in [0.05, 0.1) is 7.11 Å². The Morgan fingerprint density at radius 1 is 1.59 bits per heavy atom. The molecule has 17 heavy (non-hydrogen) atoms. The van der Waals surface area contributed by atoms with Gasteiger partial charge in [0.2, 0.25) is 0 Å². The van der Waals surface area contributed by atoms with Gasteiger partial charge in [0.15, 0.2) is 11.6 Å². The third-order valence-corrected chi connectivity index (χ3v) is 2.83. The summed E-state index contributed by atoms with van der Waals surface area (Å²) in [5.74, 6) is -0.143. The van der Waals surface area contributed by atoms with E-state index in [-0.39, 0.29) is 11.7 Å². The lowest BCUT2D eigenvalue weighted by molar-refractivity contribution is 0.0941. The van der Waals surface area contributed by atoms with E-state index in [2.05, 4.69) is 10.6 Å². The molecule has 1 aliphatic rings. The van der Waals surface area contributed by atoms with Gasteiger partial charge in [0, 0.05) is 31.1 Å². The van der Waals surface area contributed by atoms with E-state index in [9.17, 15) is 9.18 Å². The Morgan fingerprint density at radius 3 is 2.88 bits per heavy atom. The number of hydrogen-bond donors (Lipinski definition) is 2. The summed E-state index contributed by atoms with van der Waals surface area (Å²) in [6.07, 6.45) is 0. The van der Waals surface area contributed by atoms with Crippen LogP contribution in [0.5, 0.6) is 5.75 Å². The van der Waals surface area contributed by atoms with Gasteiger partial charge in [-0.15, -0.1) is 0 Å². The van der Waals surface area contributed by atoms with Crippen LogP contribution >= 0.6 is 0 Å². The monoisotopic (exact) mass is 238 g/mol. The van der Waals surface area contributed by atoms with Crippen LogP contribution in [0.2, 0.25) is 0 Å². The lowest BCUT2D eigenvalue weighted by Crippen LogP contribution is -2.48. The average molecular weight is 238 g/mol. The van der Waals surface area contributed by atoms with E-state index in [4.69, 9.17) is 4.74 Å². The lowest BCUT2D eigenvalue weighted by atomic mass is 10.0. The minimum absolute atomic E-state index is 0.143. The molecule has 92 valence electrons. The van der Waals surface area contributed by atoms with Gasteiger partial charge in [-0.2, -0.15) is 0 Å². The Kier molecular flexibility index (Phi) is 3.58. The van der Waals surface area contributed by atoms with Crippen molar-refractivity contribution in [3.05, 3.63) is 29.6 Å². The Morgan fingerprint density at radius 2 is 2.35 bits per heavy atom. The average Bonchev–Trinajstić information content (AvgIpc) is 2.26. The van der Waals surface area contributed by atoms with E-state index in [1.165, 1.54) is 19.2 Å². The fourth-order valence-electron chi connectivity index (χ4n) is 1.64. The van der Waals surface area contributed by atoms with Crippen molar-refractivity contribution in [2.75, 3.05) is 26.7 Å². The quantitative estimate of drug-likeness (QED) is 0.815. The molecular formula is C12H15FN2O2. The number of rotatable bonds is 4. The highest BCUT2D eigenvalue weighted by Gasteiger charge is 2.18. The molecule has 1 heterocycles. The van der Waals surface area contributed by atoms with Gasteiger partial charge in [-0.3, -0.25) is 4.79 Å². The minimum atomic E-state index is -0.523. The van der Waals surface area contributed by atoms with Gasteiger partial charge < -0.3 is 15.4 Å². The van der Waals surface area contributed by atoms with Gasteiger partial charge in [-0.05, 0) is 18.2 Å². The first kappa shape index (κ1) is 11.9. The maximum Gasteiger partial charge on any atom is 0.251 e. The summed E-state index contributed by atoms with van der Waals surface area (Å²) < 4.78 is 18.2. The van der Waals surface area contributed by atoms with E-state index in [1.54, 1.807) is 6.07 Å². The van der Waals surface area contributed by atoms with Crippen molar-refractivity contribution in [2.24, 2.45) is 5.92 Å². The molecule has 1 aromatic rings. The first-order valence-electron chi connectivity index (χ1n) is 5.53. The van der Waals surface area contributed by atoms with E-state index < -0.39 is 5.82 Å². The third-order valence-electron chi connectivity index (χ3n) is 2.83. The summed E-state index contributed by atoms with van der Waals surface area (Å²) in [5.41, 5.74) is 0.315. The van der Waals surface area contributed by atoms with Crippen molar-refractivity contribution in [3.63, 3.8) is 0 Å². The van der Waals surface area contributed by atoms with Crippen molar-refractivity contribution >= 4 is 5.91 Å². The molecule has 0 saturated carbocycles. The second-order valence-corrected chi connectivity index (χ2v) is 4.08. The summed E-state index contributed by atoms with van der Waals surface area (Å²) in [6.45, 7) is 2.48. The SMILES string of the molecule is COc1ccc(C(=O)NCC2CNC2)cc1F. The predicted octanol–water partition coefficient (Wildman–Crippen LogP) is 0.783. The highest BCUT2D eigenvalue weighted by atomic mass is 19.1. The zero-order chi connectivity index (χ0) is 12.3. The molecule has 1 saturated heterocycles. The van der Waals surface area contributed by atoms with E-state index >= 15 is 0 Å². The van der Waals surface area contributed by atoms with Crippen LogP contribution in [-0.4, -0.2) is 32.7 Å². The standard InChI is InChI=1S/C12H15FN2O2/c1-17-11-3-2-9(4-10(11)13)12(16)15-7-8-5-14-6-8/h2-4,8,14H,5-7H2,1H3,(H,15,16). The van der Waals surface area contributed by atoms with E-state index in [1.807, 2.05) is 0 Å². The van der Waals surface area contributed by atoms with E-state index in [0.29, 0.717) is 18.0 Å². The number of benzene rings is 1. The second-order valence-electron chi connectivity index (χ2n) is 4.08. The first-order chi connectivity index (χ1) is 8.20. The number of ether oxygens (including phenoxy) is 1. The van der Waals surface area contributed by atoms with Gasteiger partial charge in [-0.1, -0.05) is 0 Å². The number of nitrogens with one attached hydrogen (secondary N) is 2. The molecule has 4 nitrogen and oxygen atoms in total. The minimum Gasteiger partial charge on any atom is -0.494 e. The maximum atomic E-state index is 13.4. The summed E-state index contributed by atoms with van der Waals surface area (Å²) in [5, 5.41) is 5.90. The van der Waals surface area contributed by atoms with Crippen molar-refractivity contribution in [3.8, 4) is 5.75 Å². The molecule has 0 aliphatic carbocycles. The topological polar surface area (TPSA) is 50.4 Å². The summed E-state index contributed by atoms with van der Waals surface area (Å²) >= 11 is 0. The number of hydrogen-bond acceptors (Lipinski definition) is 3. The first-order valence-corrected chi connectivity index (χ1v) is 5.53. The molecular weight excluding hydrogens is 223 g/mol. The molecule has 1 fully saturated rings. The number of halogens is 1. The highest BCUT2D eigenvalue weighted by Crippen LogP contribution is 2.17. The molecule has 1 aliphatic heterocycles. The van der Waals surface area contributed by atoms with Crippen LogP contribution in [0, 0.1) is 11.7 Å². The predicted molar refractivity (Wildman–Crippen MR) is 61.6 cm³/mol. The third kappa shape index (κ3) is 2.74. The van der Waals surface area contributed by atoms with Crippen LogP contribution in [0.4, 0.5) is 4.39 Å². The largest absolute Gasteiger partial charge is 0.494 e. The van der Waals surface area contributed by atoms with Crippen LogP contribution in [0.25, 0.3) is 0 Å². The molecule has 0 atom stereocenters. The fourth-order valence-corrected chi connectivity index (χ4v) is 1.64. The fraction of sp³-hybridized carbons (Fsp3) is 0.417. The lowest BCUT2D eigenvalue weighted by Gasteiger charge is -2.27. The number of carbonyl (C=O) groups excluding carboxylic acids is 1. The Balaban J connectivity index is 1.95. The molecule has 0 aromatic heterocycles. The zero-order valence-corrected chi connectivity index (χ0v) is 9.63. The maximum absolute atomic E-state index is 13.4. The Hall–Kier alpha value is -1.62. The normalized spacial score (nSPS) is 15.2.